The fourth-order valence-electron chi connectivity index (χ4n) is 1.76. The van der Waals surface area contributed by atoms with Crippen LogP contribution >= 0.6 is 0 Å². The van der Waals surface area contributed by atoms with Crippen molar-refractivity contribution in [2.24, 2.45) is 0 Å². The van der Waals surface area contributed by atoms with E-state index in [4.69, 9.17) is 0 Å². The Balaban J connectivity index is 2.36. The van der Waals surface area contributed by atoms with Gasteiger partial charge < -0.3 is 15.4 Å². The van der Waals surface area contributed by atoms with Gasteiger partial charge in [0, 0.05) is 19.0 Å². The van der Waals surface area contributed by atoms with Crippen molar-refractivity contribution in [3.8, 4) is 5.75 Å². The Hall–Kier alpha value is -1.69. The molecule has 112 valence electrons. The summed E-state index contributed by atoms with van der Waals surface area (Å²) in [7, 11) is 0. The van der Waals surface area contributed by atoms with Gasteiger partial charge in [0.15, 0.2) is 0 Å². The maximum absolute atomic E-state index is 12.0. The number of hydrogen-bond acceptors (Lipinski definition) is 3. The molecule has 1 amide bonds. The summed E-state index contributed by atoms with van der Waals surface area (Å²) in [5, 5.41) is 5.93. The monoisotopic (exact) mass is 286 g/mol. The van der Waals surface area contributed by atoms with Gasteiger partial charge in [-0.3, -0.25) is 4.79 Å². The Morgan fingerprint density at radius 2 is 1.95 bits per heavy atom. The molecule has 0 spiro atoms. The average Bonchev–Trinajstić information content (AvgIpc) is 2.37. The van der Waals surface area contributed by atoms with Crippen molar-refractivity contribution < 1.29 is 18.3 Å². The summed E-state index contributed by atoms with van der Waals surface area (Å²) in [6, 6.07) is 6.32. The average molecular weight is 286 g/mol. The van der Waals surface area contributed by atoms with E-state index < -0.39 is 6.61 Å². The smallest absolute Gasteiger partial charge is 0.387 e. The van der Waals surface area contributed by atoms with Crippen LogP contribution in [0.25, 0.3) is 0 Å². The van der Waals surface area contributed by atoms with E-state index in [0.717, 1.165) is 12.1 Å². The van der Waals surface area contributed by atoms with Crippen molar-refractivity contribution >= 4 is 5.91 Å². The predicted molar refractivity (Wildman–Crippen MR) is 72.7 cm³/mol. The highest BCUT2D eigenvalue weighted by Crippen LogP contribution is 2.14. The Bertz CT molecular complexity index is 410. The van der Waals surface area contributed by atoms with E-state index in [2.05, 4.69) is 15.4 Å². The molecule has 0 radical (unpaired) electrons. The maximum Gasteiger partial charge on any atom is 0.387 e. The molecule has 6 heteroatoms. The molecule has 0 aliphatic rings. The Labute approximate surface area is 117 Å². The van der Waals surface area contributed by atoms with E-state index in [1.54, 1.807) is 12.1 Å². The normalized spacial score (nSPS) is 12.2. The summed E-state index contributed by atoms with van der Waals surface area (Å²) in [4.78, 5) is 11.6. The van der Waals surface area contributed by atoms with Crippen LogP contribution in [0, 0.1) is 0 Å². The van der Waals surface area contributed by atoms with Gasteiger partial charge in [0.2, 0.25) is 5.91 Å². The zero-order chi connectivity index (χ0) is 15.0. The van der Waals surface area contributed by atoms with Crippen LogP contribution in [0.4, 0.5) is 8.78 Å². The summed E-state index contributed by atoms with van der Waals surface area (Å²) in [6.07, 6.45) is 0.403. The molecule has 1 aromatic carbocycles. The minimum Gasteiger partial charge on any atom is -0.435 e. The number of alkyl halides is 2. The Kier molecular flexibility index (Phi) is 6.93. The van der Waals surface area contributed by atoms with Crippen molar-refractivity contribution in [2.75, 3.05) is 6.54 Å². The molecular weight excluding hydrogens is 266 g/mol. The number of ether oxygens (including phenoxy) is 1. The van der Waals surface area contributed by atoms with Crippen LogP contribution < -0.4 is 15.4 Å². The molecule has 0 aliphatic heterocycles. The number of nitrogens with one attached hydrogen (secondary N) is 2. The molecule has 0 heterocycles. The predicted octanol–water partition coefficient (Wildman–Crippen LogP) is 2.29. The van der Waals surface area contributed by atoms with Crippen LogP contribution in [0.3, 0.4) is 0 Å². The van der Waals surface area contributed by atoms with E-state index in [1.165, 1.54) is 12.1 Å². The maximum atomic E-state index is 12.0. The zero-order valence-corrected chi connectivity index (χ0v) is 11.7. The largest absolute Gasteiger partial charge is 0.435 e. The first-order valence-electron chi connectivity index (χ1n) is 6.55. The van der Waals surface area contributed by atoms with Gasteiger partial charge >= 0.3 is 6.61 Å². The molecule has 0 fully saturated rings. The minimum atomic E-state index is -2.83. The molecule has 0 bridgehead atoms. The lowest BCUT2D eigenvalue weighted by Crippen LogP contribution is -2.33. The summed E-state index contributed by atoms with van der Waals surface area (Å²) in [5.74, 6) is 0.0576. The van der Waals surface area contributed by atoms with Crippen molar-refractivity contribution in [3.05, 3.63) is 29.8 Å². The summed E-state index contributed by atoms with van der Waals surface area (Å²) >= 11 is 0. The molecule has 20 heavy (non-hydrogen) atoms. The van der Waals surface area contributed by atoms with Crippen LogP contribution in [0.5, 0.6) is 5.75 Å². The second-order valence-corrected chi connectivity index (χ2v) is 4.46. The summed E-state index contributed by atoms with van der Waals surface area (Å²) in [6.45, 7) is 2.29. The topological polar surface area (TPSA) is 50.4 Å². The van der Waals surface area contributed by atoms with Crippen LogP contribution in [-0.2, 0) is 11.3 Å². The molecule has 4 nitrogen and oxygen atoms in total. The molecular formula is C14H20F2N2O2. The van der Waals surface area contributed by atoms with Gasteiger partial charge in [0.1, 0.15) is 5.75 Å². The molecule has 1 unspecified atom stereocenters. The zero-order valence-electron chi connectivity index (χ0n) is 11.7. The fraction of sp³-hybridized carbons (Fsp3) is 0.500. The summed E-state index contributed by atoms with van der Waals surface area (Å²) < 4.78 is 28.2. The Morgan fingerprint density at radius 1 is 1.30 bits per heavy atom. The molecule has 1 atom stereocenters. The number of halogens is 2. The highest BCUT2D eigenvalue weighted by atomic mass is 19.3. The lowest BCUT2D eigenvalue weighted by Gasteiger charge is -2.12. The molecule has 2 N–H and O–H groups in total. The van der Waals surface area contributed by atoms with Crippen molar-refractivity contribution in [1.82, 2.24) is 10.6 Å². The van der Waals surface area contributed by atoms with Crippen molar-refractivity contribution in [2.45, 2.75) is 39.5 Å². The summed E-state index contributed by atoms with van der Waals surface area (Å²) in [5.41, 5.74) is 0.830. The third-order valence-corrected chi connectivity index (χ3v) is 2.68. The highest BCUT2D eigenvalue weighted by molar-refractivity contribution is 5.76. The molecule has 0 aromatic heterocycles. The van der Waals surface area contributed by atoms with Crippen LogP contribution in [0.1, 0.15) is 25.8 Å². The van der Waals surface area contributed by atoms with E-state index in [-0.39, 0.29) is 17.7 Å². The third kappa shape index (κ3) is 6.47. The van der Waals surface area contributed by atoms with E-state index >= 15 is 0 Å². The van der Waals surface area contributed by atoms with Gasteiger partial charge in [-0.2, -0.15) is 8.78 Å². The lowest BCUT2D eigenvalue weighted by molar-refractivity contribution is -0.121. The van der Waals surface area contributed by atoms with E-state index in [1.807, 2.05) is 13.8 Å². The number of amides is 1. The second kappa shape index (κ2) is 8.47. The fourth-order valence-corrected chi connectivity index (χ4v) is 1.76. The number of carbonyl (C=O) groups is 1. The molecule has 0 saturated heterocycles. The Morgan fingerprint density at radius 3 is 2.50 bits per heavy atom. The van der Waals surface area contributed by atoms with Gasteiger partial charge in [-0.1, -0.05) is 19.1 Å². The van der Waals surface area contributed by atoms with Gasteiger partial charge in [0.25, 0.3) is 0 Å². The quantitative estimate of drug-likeness (QED) is 0.771. The first-order valence-corrected chi connectivity index (χ1v) is 6.55. The number of rotatable bonds is 8. The molecule has 1 aromatic rings. The number of hydrogen-bond donors (Lipinski definition) is 2. The standard InChI is InChI=1S/C14H20F2N2O2/c1-3-17-10(2)8-13(19)18-9-11-4-6-12(7-5-11)20-14(15)16/h4-7,10,14,17H,3,8-9H2,1-2H3,(H,18,19). The van der Waals surface area contributed by atoms with Crippen molar-refractivity contribution in [1.29, 1.82) is 0 Å². The molecule has 0 saturated carbocycles. The van der Waals surface area contributed by atoms with E-state index in [9.17, 15) is 13.6 Å². The van der Waals surface area contributed by atoms with Crippen LogP contribution in [-0.4, -0.2) is 25.1 Å². The van der Waals surface area contributed by atoms with Gasteiger partial charge in [-0.05, 0) is 31.2 Å². The van der Waals surface area contributed by atoms with Crippen LogP contribution in [0.15, 0.2) is 24.3 Å². The number of benzene rings is 1. The van der Waals surface area contributed by atoms with Crippen molar-refractivity contribution in [3.63, 3.8) is 0 Å². The number of carbonyl (C=O) groups excluding carboxylic acids is 1. The first-order chi connectivity index (χ1) is 9.51. The van der Waals surface area contributed by atoms with Gasteiger partial charge in [-0.15, -0.1) is 0 Å². The van der Waals surface area contributed by atoms with Crippen LogP contribution in [0.2, 0.25) is 0 Å². The highest BCUT2D eigenvalue weighted by Gasteiger charge is 2.08. The lowest BCUT2D eigenvalue weighted by atomic mass is 10.2. The molecule has 1 rings (SSSR count). The minimum absolute atomic E-state index is 0.0497. The van der Waals surface area contributed by atoms with Gasteiger partial charge in [0.05, 0.1) is 0 Å². The van der Waals surface area contributed by atoms with Gasteiger partial charge in [-0.25, -0.2) is 0 Å². The third-order valence-electron chi connectivity index (χ3n) is 2.68. The SMILES string of the molecule is CCNC(C)CC(=O)NCc1ccc(OC(F)F)cc1. The molecule has 0 aliphatic carbocycles. The first kappa shape index (κ1) is 16.4. The second-order valence-electron chi connectivity index (χ2n) is 4.46. The van der Waals surface area contributed by atoms with E-state index in [0.29, 0.717) is 13.0 Å².